The molecule has 0 bridgehead atoms. The summed E-state index contributed by atoms with van der Waals surface area (Å²) in [5, 5.41) is 9.17. The van der Waals surface area contributed by atoms with Crippen molar-refractivity contribution in [2.24, 2.45) is 4.99 Å². The van der Waals surface area contributed by atoms with Crippen molar-refractivity contribution >= 4 is 17.8 Å². The zero-order chi connectivity index (χ0) is 12.4. The summed E-state index contributed by atoms with van der Waals surface area (Å²) in [6.45, 7) is 4.36. The van der Waals surface area contributed by atoms with Crippen LogP contribution in [0.5, 0.6) is 5.75 Å². The third-order valence-electron chi connectivity index (χ3n) is 2.65. The molecule has 0 atom stereocenters. The SMILES string of the molecule is CCN1C(=O)/C(=C/c2ccc(O)cc2)N=C1C. The van der Waals surface area contributed by atoms with Crippen molar-refractivity contribution in [2.45, 2.75) is 13.8 Å². The minimum atomic E-state index is -0.0712. The number of benzene rings is 1. The highest BCUT2D eigenvalue weighted by atomic mass is 16.3. The number of phenols is 1. The molecule has 0 aromatic heterocycles. The standard InChI is InChI=1S/C13H14N2O2/c1-3-15-9(2)14-12(13(15)17)8-10-4-6-11(16)7-5-10/h4-8,16H,3H2,1-2H3/b12-8-. The van der Waals surface area contributed by atoms with Crippen LogP contribution in [-0.4, -0.2) is 28.3 Å². The van der Waals surface area contributed by atoms with Crippen LogP contribution < -0.4 is 0 Å². The molecule has 1 amide bonds. The van der Waals surface area contributed by atoms with E-state index < -0.39 is 0 Å². The van der Waals surface area contributed by atoms with E-state index in [0.29, 0.717) is 12.2 Å². The van der Waals surface area contributed by atoms with Gasteiger partial charge in [0.05, 0.1) is 0 Å². The van der Waals surface area contributed by atoms with E-state index in [4.69, 9.17) is 5.11 Å². The average molecular weight is 230 g/mol. The van der Waals surface area contributed by atoms with Gasteiger partial charge in [0.1, 0.15) is 17.3 Å². The van der Waals surface area contributed by atoms with Crippen LogP contribution in [-0.2, 0) is 4.79 Å². The fourth-order valence-corrected chi connectivity index (χ4v) is 1.76. The summed E-state index contributed by atoms with van der Waals surface area (Å²) in [4.78, 5) is 17.8. The van der Waals surface area contributed by atoms with Gasteiger partial charge in [0.2, 0.25) is 0 Å². The molecule has 0 unspecified atom stereocenters. The Morgan fingerprint density at radius 2 is 2.00 bits per heavy atom. The van der Waals surface area contributed by atoms with E-state index in [0.717, 1.165) is 11.4 Å². The Bertz CT molecular complexity index is 501. The van der Waals surface area contributed by atoms with Crippen LogP contribution in [0.4, 0.5) is 0 Å². The van der Waals surface area contributed by atoms with E-state index in [1.807, 2.05) is 13.8 Å². The van der Waals surface area contributed by atoms with Gasteiger partial charge < -0.3 is 5.11 Å². The largest absolute Gasteiger partial charge is 0.508 e. The molecule has 1 aromatic rings. The van der Waals surface area contributed by atoms with Crippen LogP contribution in [0, 0.1) is 0 Å². The van der Waals surface area contributed by atoms with E-state index in [2.05, 4.69) is 4.99 Å². The highest BCUT2D eigenvalue weighted by Crippen LogP contribution is 2.19. The Morgan fingerprint density at radius 1 is 1.35 bits per heavy atom. The second-order valence-corrected chi connectivity index (χ2v) is 3.83. The number of amidine groups is 1. The number of likely N-dealkylation sites (N-methyl/N-ethyl adjacent to an activating group) is 1. The smallest absolute Gasteiger partial charge is 0.277 e. The van der Waals surface area contributed by atoms with Crippen LogP contribution in [0.2, 0.25) is 0 Å². The monoisotopic (exact) mass is 230 g/mol. The van der Waals surface area contributed by atoms with Gasteiger partial charge in [-0.05, 0) is 37.6 Å². The summed E-state index contributed by atoms with van der Waals surface area (Å²) in [7, 11) is 0. The maximum Gasteiger partial charge on any atom is 0.277 e. The van der Waals surface area contributed by atoms with Gasteiger partial charge in [0, 0.05) is 6.54 Å². The molecule has 88 valence electrons. The quantitative estimate of drug-likeness (QED) is 0.790. The van der Waals surface area contributed by atoms with Crippen LogP contribution in [0.25, 0.3) is 6.08 Å². The van der Waals surface area contributed by atoms with Crippen LogP contribution in [0.1, 0.15) is 19.4 Å². The van der Waals surface area contributed by atoms with Crippen molar-refractivity contribution in [2.75, 3.05) is 6.54 Å². The van der Waals surface area contributed by atoms with Gasteiger partial charge >= 0.3 is 0 Å². The Balaban J connectivity index is 2.30. The molecule has 17 heavy (non-hydrogen) atoms. The molecule has 0 radical (unpaired) electrons. The number of amides is 1. The molecule has 1 N–H and O–H groups in total. The maximum absolute atomic E-state index is 11.9. The lowest BCUT2D eigenvalue weighted by Gasteiger charge is -2.11. The number of hydrogen-bond acceptors (Lipinski definition) is 3. The topological polar surface area (TPSA) is 52.9 Å². The Kier molecular flexibility index (Phi) is 2.95. The number of phenolic OH excluding ortho intramolecular Hbond substituents is 1. The third-order valence-corrected chi connectivity index (χ3v) is 2.65. The fraction of sp³-hybridized carbons (Fsp3) is 0.231. The molecular weight excluding hydrogens is 216 g/mol. The van der Waals surface area contributed by atoms with Crippen molar-refractivity contribution in [3.63, 3.8) is 0 Å². The molecule has 1 heterocycles. The zero-order valence-corrected chi connectivity index (χ0v) is 9.84. The van der Waals surface area contributed by atoms with Gasteiger partial charge in [-0.2, -0.15) is 0 Å². The van der Waals surface area contributed by atoms with Gasteiger partial charge in [-0.1, -0.05) is 12.1 Å². The van der Waals surface area contributed by atoms with Crippen LogP contribution in [0.3, 0.4) is 0 Å². The van der Waals surface area contributed by atoms with E-state index in [1.54, 1.807) is 35.2 Å². The predicted molar refractivity (Wildman–Crippen MR) is 66.6 cm³/mol. The molecule has 1 aromatic carbocycles. The molecular formula is C13H14N2O2. The molecule has 0 saturated heterocycles. The normalized spacial score (nSPS) is 17.8. The zero-order valence-electron chi connectivity index (χ0n) is 9.84. The summed E-state index contributed by atoms with van der Waals surface area (Å²) in [6.07, 6.45) is 1.72. The van der Waals surface area contributed by atoms with Gasteiger partial charge in [0.15, 0.2) is 0 Å². The molecule has 1 aliphatic rings. The van der Waals surface area contributed by atoms with Crippen molar-refractivity contribution in [1.82, 2.24) is 4.90 Å². The second kappa shape index (κ2) is 4.41. The lowest BCUT2D eigenvalue weighted by Crippen LogP contribution is -2.29. The number of aliphatic imine (C=N–C) groups is 1. The Labute approximate surface area is 99.9 Å². The van der Waals surface area contributed by atoms with Crippen LogP contribution >= 0.6 is 0 Å². The Morgan fingerprint density at radius 3 is 2.53 bits per heavy atom. The van der Waals surface area contributed by atoms with Crippen molar-refractivity contribution in [1.29, 1.82) is 0 Å². The van der Waals surface area contributed by atoms with E-state index in [1.165, 1.54) is 0 Å². The minimum Gasteiger partial charge on any atom is -0.508 e. The first-order chi connectivity index (χ1) is 8.11. The summed E-state index contributed by atoms with van der Waals surface area (Å²) < 4.78 is 0. The number of carbonyl (C=O) groups is 1. The lowest BCUT2D eigenvalue weighted by atomic mass is 10.2. The maximum atomic E-state index is 11.9. The summed E-state index contributed by atoms with van der Waals surface area (Å²) in [6, 6.07) is 6.66. The number of rotatable bonds is 2. The molecule has 0 fully saturated rings. The first-order valence-corrected chi connectivity index (χ1v) is 5.49. The van der Waals surface area contributed by atoms with Crippen molar-refractivity contribution in [3.05, 3.63) is 35.5 Å². The molecule has 0 saturated carbocycles. The molecule has 0 spiro atoms. The summed E-state index contributed by atoms with van der Waals surface area (Å²) in [5.41, 5.74) is 1.29. The number of hydrogen-bond donors (Lipinski definition) is 1. The molecule has 4 heteroatoms. The van der Waals surface area contributed by atoms with E-state index >= 15 is 0 Å². The van der Waals surface area contributed by atoms with Gasteiger partial charge in [-0.15, -0.1) is 0 Å². The fourth-order valence-electron chi connectivity index (χ4n) is 1.76. The highest BCUT2D eigenvalue weighted by molar-refractivity contribution is 6.13. The van der Waals surface area contributed by atoms with Gasteiger partial charge in [0.25, 0.3) is 5.91 Å². The number of carbonyl (C=O) groups excluding carboxylic acids is 1. The first kappa shape index (κ1) is 11.4. The molecule has 4 nitrogen and oxygen atoms in total. The number of aromatic hydroxyl groups is 1. The van der Waals surface area contributed by atoms with Gasteiger partial charge in [-0.25, -0.2) is 4.99 Å². The molecule has 1 aliphatic heterocycles. The van der Waals surface area contributed by atoms with E-state index in [-0.39, 0.29) is 11.7 Å². The molecule has 0 aliphatic carbocycles. The summed E-state index contributed by atoms with van der Waals surface area (Å²) in [5.74, 6) is 0.861. The molecule has 2 rings (SSSR count). The minimum absolute atomic E-state index is 0.0712. The third kappa shape index (κ3) is 2.20. The van der Waals surface area contributed by atoms with E-state index in [9.17, 15) is 4.79 Å². The predicted octanol–water partition coefficient (Wildman–Crippen LogP) is 2.01. The first-order valence-electron chi connectivity index (χ1n) is 5.49. The van der Waals surface area contributed by atoms with Crippen molar-refractivity contribution < 1.29 is 9.90 Å². The lowest BCUT2D eigenvalue weighted by molar-refractivity contribution is -0.122. The van der Waals surface area contributed by atoms with Gasteiger partial charge in [-0.3, -0.25) is 9.69 Å². The van der Waals surface area contributed by atoms with Crippen molar-refractivity contribution in [3.8, 4) is 5.75 Å². The second-order valence-electron chi connectivity index (χ2n) is 3.83. The Hall–Kier alpha value is -2.10. The average Bonchev–Trinajstić information content (AvgIpc) is 2.57. The van der Waals surface area contributed by atoms with Crippen LogP contribution in [0.15, 0.2) is 35.0 Å². The highest BCUT2D eigenvalue weighted by Gasteiger charge is 2.25. The summed E-state index contributed by atoms with van der Waals surface area (Å²) >= 11 is 0. The number of nitrogens with zero attached hydrogens (tertiary/aromatic N) is 2.